The number of rotatable bonds is 6. The molecule has 0 spiro atoms. The molecule has 1 aromatic carbocycles. The number of halogens is 2. The molecule has 0 aliphatic rings. The van der Waals surface area contributed by atoms with E-state index >= 15 is 0 Å². The largest absolute Gasteiger partial charge is 0.349 e. The van der Waals surface area contributed by atoms with Crippen LogP contribution in [0.1, 0.15) is 51.6 Å². The van der Waals surface area contributed by atoms with Crippen LogP contribution in [-0.2, 0) is 22.7 Å². The number of carbonyl (C=O) groups excluding carboxylic acids is 1. The Labute approximate surface area is 152 Å². The van der Waals surface area contributed by atoms with E-state index in [2.05, 4.69) is 20.6 Å². The quantitative estimate of drug-likeness (QED) is 0.852. The molecule has 142 valence electrons. The fourth-order valence-corrected chi connectivity index (χ4v) is 2.58. The van der Waals surface area contributed by atoms with E-state index in [4.69, 9.17) is 0 Å². The normalized spacial score (nSPS) is 12.5. The Morgan fingerprint density at radius 3 is 2.19 bits per heavy atom. The summed E-state index contributed by atoms with van der Waals surface area (Å²) in [4.78, 5) is 13.7. The smallest absolute Gasteiger partial charge is 0.329 e. The number of nitrogens with one attached hydrogen (secondary N) is 1. The van der Waals surface area contributed by atoms with Gasteiger partial charge in [0.25, 0.3) is 5.91 Å². The van der Waals surface area contributed by atoms with Gasteiger partial charge in [-0.05, 0) is 16.9 Å². The van der Waals surface area contributed by atoms with E-state index < -0.39 is 11.8 Å². The van der Waals surface area contributed by atoms with Crippen molar-refractivity contribution in [1.29, 1.82) is 0 Å². The molecule has 0 aliphatic heterocycles. The molecule has 0 radical (unpaired) electrons. The van der Waals surface area contributed by atoms with Gasteiger partial charge in [-0.2, -0.15) is 14.0 Å². The van der Waals surface area contributed by atoms with Gasteiger partial charge in [0.2, 0.25) is 0 Å². The first kappa shape index (κ1) is 19.9. The van der Waals surface area contributed by atoms with E-state index in [1.165, 1.54) is 12.1 Å². The average molecular weight is 365 g/mol. The van der Waals surface area contributed by atoms with E-state index in [0.29, 0.717) is 0 Å². The number of amides is 1. The summed E-state index contributed by atoms with van der Waals surface area (Å²) in [5.74, 6) is -4.68. The Bertz CT molecular complexity index is 721. The number of benzene rings is 1. The van der Waals surface area contributed by atoms with Crippen LogP contribution in [-0.4, -0.2) is 38.0 Å². The molecule has 2 rings (SSSR count). The van der Waals surface area contributed by atoms with Crippen molar-refractivity contribution in [2.24, 2.45) is 5.92 Å². The molecule has 0 unspecified atom stereocenters. The Morgan fingerprint density at radius 1 is 1.15 bits per heavy atom. The lowest BCUT2D eigenvalue weighted by atomic mass is 9.86. The van der Waals surface area contributed by atoms with Crippen LogP contribution < -0.4 is 0 Å². The van der Waals surface area contributed by atoms with Gasteiger partial charge in [0.1, 0.15) is 0 Å². The van der Waals surface area contributed by atoms with Crippen LogP contribution in [0.15, 0.2) is 24.3 Å². The summed E-state index contributed by atoms with van der Waals surface area (Å²) in [6.45, 7) is 9.76. The first-order chi connectivity index (χ1) is 12.0. The van der Waals surface area contributed by atoms with Crippen molar-refractivity contribution < 1.29 is 13.6 Å². The topological polar surface area (TPSA) is 74.8 Å². The summed E-state index contributed by atoms with van der Waals surface area (Å²) in [5, 5.41) is 13.2. The summed E-state index contributed by atoms with van der Waals surface area (Å²) < 4.78 is 29.7. The van der Waals surface area contributed by atoms with Crippen LogP contribution in [0.4, 0.5) is 8.78 Å². The SMILES string of the molecule is CC(C)CN(Cc1nn[nH]n1)C(=O)C(F)(F)c1ccc(C(C)(C)C)cc1. The number of carbonyl (C=O) groups is 1. The molecule has 0 aliphatic carbocycles. The van der Waals surface area contributed by atoms with Crippen LogP contribution in [0.3, 0.4) is 0 Å². The minimum absolute atomic E-state index is 0.0184. The fourth-order valence-electron chi connectivity index (χ4n) is 2.58. The molecule has 1 aromatic heterocycles. The highest BCUT2D eigenvalue weighted by Gasteiger charge is 2.44. The van der Waals surface area contributed by atoms with Gasteiger partial charge in [0, 0.05) is 12.1 Å². The highest BCUT2D eigenvalue weighted by molar-refractivity contribution is 5.84. The Kier molecular flexibility index (Phi) is 5.73. The summed E-state index contributed by atoms with van der Waals surface area (Å²) in [5.41, 5.74) is 0.452. The molecular weight excluding hydrogens is 340 g/mol. The number of aromatic amines is 1. The molecule has 6 nitrogen and oxygen atoms in total. The van der Waals surface area contributed by atoms with E-state index in [1.807, 2.05) is 34.6 Å². The van der Waals surface area contributed by atoms with Crippen molar-refractivity contribution in [2.75, 3.05) is 6.54 Å². The second kappa shape index (κ2) is 7.47. The van der Waals surface area contributed by atoms with Gasteiger partial charge in [0.05, 0.1) is 6.54 Å². The van der Waals surface area contributed by atoms with Gasteiger partial charge in [-0.25, -0.2) is 0 Å². The minimum atomic E-state index is -3.63. The van der Waals surface area contributed by atoms with Crippen LogP contribution in [0.2, 0.25) is 0 Å². The van der Waals surface area contributed by atoms with Gasteiger partial charge in [-0.1, -0.05) is 64.1 Å². The molecule has 8 heteroatoms. The molecule has 1 heterocycles. The number of hydrogen-bond donors (Lipinski definition) is 1. The van der Waals surface area contributed by atoms with Gasteiger partial charge in [-0.3, -0.25) is 4.79 Å². The lowest BCUT2D eigenvalue weighted by Gasteiger charge is -2.28. The zero-order chi connectivity index (χ0) is 19.5. The van der Waals surface area contributed by atoms with Crippen molar-refractivity contribution in [2.45, 2.75) is 52.5 Å². The van der Waals surface area contributed by atoms with Crippen LogP contribution in [0.5, 0.6) is 0 Å². The monoisotopic (exact) mass is 365 g/mol. The van der Waals surface area contributed by atoms with E-state index in [0.717, 1.165) is 10.5 Å². The number of H-pyrrole nitrogens is 1. The molecule has 1 N–H and O–H groups in total. The van der Waals surface area contributed by atoms with Crippen molar-refractivity contribution in [1.82, 2.24) is 25.5 Å². The number of aromatic nitrogens is 4. The van der Waals surface area contributed by atoms with Crippen LogP contribution in [0.25, 0.3) is 0 Å². The predicted molar refractivity (Wildman–Crippen MR) is 93.5 cm³/mol. The molecule has 1 amide bonds. The average Bonchev–Trinajstić information content (AvgIpc) is 3.05. The van der Waals surface area contributed by atoms with Crippen LogP contribution >= 0.6 is 0 Å². The highest BCUT2D eigenvalue weighted by atomic mass is 19.3. The summed E-state index contributed by atoms with van der Waals surface area (Å²) in [6, 6.07) is 5.92. The van der Waals surface area contributed by atoms with Gasteiger partial charge < -0.3 is 4.90 Å². The number of hydrogen-bond acceptors (Lipinski definition) is 4. The van der Waals surface area contributed by atoms with Gasteiger partial charge >= 0.3 is 5.92 Å². The second-order valence-electron chi connectivity index (χ2n) is 7.81. The second-order valence-corrected chi connectivity index (χ2v) is 7.81. The zero-order valence-corrected chi connectivity index (χ0v) is 15.8. The molecule has 0 atom stereocenters. The maximum atomic E-state index is 14.9. The first-order valence-electron chi connectivity index (χ1n) is 8.52. The standard InChI is InChI=1S/C18H25F2N5O/c1-12(2)10-25(11-15-21-23-24-22-15)16(26)18(19,20)14-8-6-13(7-9-14)17(3,4)5/h6-9,12H,10-11H2,1-5H3,(H,21,22,23,24). The molecule has 0 bridgehead atoms. The van der Waals surface area contributed by atoms with Crippen molar-refractivity contribution in [3.63, 3.8) is 0 Å². The zero-order valence-electron chi connectivity index (χ0n) is 15.8. The maximum Gasteiger partial charge on any atom is 0.349 e. The fraction of sp³-hybridized carbons (Fsp3) is 0.556. The van der Waals surface area contributed by atoms with Crippen molar-refractivity contribution >= 4 is 5.91 Å². The van der Waals surface area contributed by atoms with Crippen molar-refractivity contribution in [3.05, 3.63) is 41.2 Å². The number of tetrazole rings is 1. The summed E-state index contributed by atoms with van der Waals surface area (Å²) >= 11 is 0. The molecule has 0 saturated carbocycles. The maximum absolute atomic E-state index is 14.9. The van der Waals surface area contributed by atoms with Gasteiger partial charge in [-0.15, -0.1) is 10.2 Å². The van der Waals surface area contributed by atoms with Gasteiger partial charge in [0.15, 0.2) is 5.82 Å². The molecule has 0 fully saturated rings. The molecular formula is C18H25F2N5O. The number of alkyl halides is 2. The van der Waals surface area contributed by atoms with E-state index in [1.54, 1.807) is 12.1 Å². The third-order valence-electron chi connectivity index (χ3n) is 3.98. The van der Waals surface area contributed by atoms with Crippen molar-refractivity contribution in [3.8, 4) is 0 Å². The van der Waals surface area contributed by atoms with E-state index in [-0.39, 0.29) is 35.8 Å². The Hall–Kier alpha value is -2.38. The first-order valence-corrected chi connectivity index (χ1v) is 8.52. The Morgan fingerprint density at radius 2 is 1.73 bits per heavy atom. The molecule has 0 saturated heterocycles. The minimum Gasteiger partial charge on any atom is -0.329 e. The third kappa shape index (κ3) is 4.62. The lowest BCUT2D eigenvalue weighted by Crippen LogP contribution is -2.43. The molecule has 2 aromatic rings. The summed E-state index contributed by atoms with van der Waals surface area (Å²) in [7, 11) is 0. The third-order valence-corrected chi connectivity index (χ3v) is 3.98. The number of nitrogens with zero attached hydrogens (tertiary/aromatic N) is 4. The predicted octanol–water partition coefficient (Wildman–Crippen LogP) is 3.27. The van der Waals surface area contributed by atoms with Crippen LogP contribution in [0, 0.1) is 5.92 Å². The summed E-state index contributed by atoms with van der Waals surface area (Å²) in [6.07, 6.45) is 0. The highest BCUT2D eigenvalue weighted by Crippen LogP contribution is 2.33. The molecule has 26 heavy (non-hydrogen) atoms. The van der Waals surface area contributed by atoms with E-state index in [9.17, 15) is 13.6 Å². The Balaban J connectivity index is 2.27. The lowest BCUT2D eigenvalue weighted by molar-refractivity contribution is -0.160.